The van der Waals surface area contributed by atoms with Gasteiger partial charge in [0.15, 0.2) is 5.11 Å². The molecule has 1 amide bonds. The molecule has 0 aliphatic carbocycles. The number of carbonyl (C=O) groups excluding carboxylic acids is 2. The first-order valence-electron chi connectivity index (χ1n) is 10.2. The van der Waals surface area contributed by atoms with Crippen molar-refractivity contribution in [3.8, 4) is 5.75 Å². The molecule has 6 nitrogen and oxygen atoms in total. The molecule has 0 atom stereocenters. The molecule has 32 heavy (non-hydrogen) atoms. The van der Waals surface area contributed by atoms with Crippen molar-refractivity contribution in [3.63, 3.8) is 0 Å². The van der Waals surface area contributed by atoms with Crippen molar-refractivity contribution in [2.75, 3.05) is 18.5 Å². The lowest BCUT2D eigenvalue weighted by molar-refractivity contribution is 0.0526. The molecule has 0 spiro atoms. The molecular weight excluding hydrogens is 424 g/mol. The minimum atomic E-state index is -0.387. The lowest BCUT2D eigenvalue weighted by Crippen LogP contribution is -2.34. The summed E-state index contributed by atoms with van der Waals surface area (Å²) in [5, 5.41) is 5.71. The van der Waals surface area contributed by atoms with E-state index in [1.807, 2.05) is 18.2 Å². The van der Waals surface area contributed by atoms with Crippen molar-refractivity contribution in [2.24, 2.45) is 0 Å². The van der Waals surface area contributed by atoms with Crippen LogP contribution in [0.3, 0.4) is 0 Å². The van der Waals surface area contributed by atoms with Gasteiger partial charge in [-0.25, -0.2) is 4.79 Å². The Balaban J connectivity index is 1.46. The molecular formula is C25H24N2O4S. The monoisotopic (exact) mass is 448 g/mol. The molecule has 0 radical (unpaired) electrons. The third kappa shape index (κ3) is 6.92. The first-order valence-corrected chi connectivity index (χ1v) is 10.6. The van der Waals surface area contributed by atoms with Crippen LogP contribution in [0.4, 0.5) is 5.69 Å². The fraction of sp³-hybridized carbons (Fsp3) is 0.160. The highest BCUT2D eigenvalue weighted by Crippen LogP contribution is 2.14. The van der Waals surface area contributed by atoms with E-state index in [9.17, 15) is 9.59 Å². The van der Waals surface area contributed by atoms with Gasteiger partial charge in [-0.2, -0.15) is 0 Å². The van der Waals surface area contributed by atoms with Crippen molar-refractivity contribution < 1.29 is 19.1 Å². The first-order chi connectivity index (χ1) is 15.5. The molecule has 164 valence electrons. The number of carbonyl (C=O) groups is 2. The minimum Gasteiger partial charge on any atom is -0.493 e. The van der Waals surface area contributed by atoms with E-state index in [0.29, 0.717) is 35.8 Å². The average Bonchev–Trinajstić information content (AvgIpc) is 2.81. The maximum atomic E-state index is 12.4. The summed E-state index contributed by atoms with van der Waals surface area (Å²) in [5.41, 5.74) is 2.76. The number of nitrogens with one attached hydrogen (secondary N) is 2. The van der Waals surface area contributed by atoms with E-state index < -0.39 is 0 Å². The fourth-order valence-corrected chi connectivity index (χ4v) is 3.09. The number of rotatable bonds is 8. The van der Waals surface area contributed by atoms with Gasteiger partial charge in [-0.05, 0) is 73.2 Å². The van der Waals surface area contributed by atoms with Gasteiger partial charge in [-0.1, -0.05) is 30.3 Å². The van der Waals surface area contributed by atoms with Gasteiger partial charge >= 0.3 is 5.97 Å². The van der Waals surface area contributed by atoms with Gasteiger partial charge in [0.2, 0.25) is 0 Å². The maximum Gasteiger partial charge on any atom is 0.338 e. The molecule has 0 aromatic heterocycles. The van der Waals surface area contributed by atoms with E-state index in [4.69, 9.17) is 21.7 Å². The number of esters is 1. The van der Waals surface area contributed by atoms with Crippen LogP contribution in [0, 0.1) is 0 Å². The summed E-state index contributed by atoms with van der Waals surface area (Å²) in [5.74, 6) is -0.0243. The van der Waals surface area contributed by atoms with E-state index >= 15 is 0 Å². The smallest absolute Gasteiger partial charge is 0.338 e. The second kappa shape index (κ2) is 11.6. The van der Waals surface area contributed by atoms with Crippen LogP contribution in [0.5, 0.6) is 5.75 Å². The predicted molar refractivity (Wildman–Crippen MR) is 128 cm³/mol. The summed E-state index contributed by atoms with van der Waals surface area (Å²) in [6.07, 6.45) is 0.809. The van der Waals surface area contributed by atoms with Crippen LogP contribution in [-0.4, -0.2) is 30.2 Å². The third-order valence-electron chi connectivity index (χ3n) is 4.50. The highest BCUT2D eigenvalue weighted by molar-refractivity contribution is 7.80. The summed E-state index contributed by atoms with van der Waals surface area (Å²) in [4.78, 5) is 24.1. The lowest BCUT2D eigenvalue weighted by Gasteiger charge is -2.11. The molecule has 0 saturated carbocycles. The molecule has 3 aromatic carbocycles. The van der Waals surface area contributed by atoms with Crippen molar-refractivity contribution in [2.45, 2.75) is 13.3 Å². The number of hydrogen-bond donors (Lipinski definition) is 2. The Morgan fingerprint density at radius 1 is 0.875 bits per heavy atom. The molecule has 0 unspecified atom stereocenters. The summed E-state index contributed by atoms with van der Waals surface area (Å²) in [6, 6.07) is 23.6. The Bertz CT molecular complexity index is 1050. The molecule has 3 aromatic rings. The molecule has 0 heterocycles. The van der Waals surface area contributed by atoms with E-state index in [1.165, 1.54) is 5.56 Å². The van der Waals surface area contributed by atoms with E-state index in [0.717, 1.165) is 6.42 Å². The second-order valence-electron chi connectivity index (χ2n) is 6.81. The maximum absolute atomic E-state index is 12.4. The zero-order valence-electron chi connectivity index (χ0n) is 17.7. The van der Waals surface area contributed by atoms with Crippen LogP contribution >= 0.6 is 12.2 Å². The van der Waals surface area contributed by atoms with Crippen molar-refractivity contribution >= 4 is 34.9 Å². The van der Waals surface area contributed by atoms with Crippen LogP contribution in [-0.2, 0) is 11.2 Å². The van der Waals surface area contributed by atoms with E-state index in [2.05, 4.69) is 22.8 Å². The van der Waals surface area contributed by atoms with Crippen LogP contribution in [0.25, 0.3) is 0 Å². The van der Waals surface area contributed by atoms with Gasteiger partial charge in [0.05, 0.1) is 18.8 Å². The van der Waals surface area contributed by atoms with Crippen molar-refractivity contribution in [1.82, 2.24) is 5.32 Å². The summed E-state index contributed by atoms with van der Waals surface area (Å²) < 4.78 is 10.7. The standard InChI is InChI=1S/C25H24N2O4S/c1-2-30-24(29)20-8-12-21(13-9-20)26-25(32)27-23(28)19-10-14-22(15-11-19)31-17-16-18-6-4-3-5-7-18/h3-15H,2,16-17H2,1H3,(H2,26,27,28,32). The first kappa shape index (κ1) is 23.0. The predicted octanol–water partition coefficient (Wildman–Crippen LogP) is 4.61. The van der Waals surface area contributed by atoms with E-state index in [1.54, 1.807) is 55.5 Å². The van der Waals surface area contributed by atoms with E-state index in [-0.39, 0.29) is 17.0 Å². The number of ether oxygens (including phenoxy) is 2. The summed E-state index contributed by atoms with van der Waals surface area (Å²) in [6.45, 7) is 2.62. The normalized spacial score (nSPS) is 10.2. The molecule has 0 bridgehead atoms. The Hall–Kier alpha value is -3.71. The molecule has 2 N–H and O–H groups in total. The Labute approximate surface area is 192 Å². The molecule has 0 fully saturated rings. The molecule has 0 aliphatic rings. The highest BCUT2D eigenvalue weighted by atomic mass is 32.1. The van der Waals surface area contributed by atoms with Crippen LogP contribution in [0.2, 0.25) is 0 Å². The summed E-state index contributed by atoms with van der Waals surface area (Å²) >= 11 is 5.21. The minimum absolute atomic E-state index is 0.155. The highest BCUT2D eigenvalue weighted by Gasteiger charge is 2.10. The topological polar surface area (TPSA) is 76.7 Å². The number of amides is 1. The van der Waals surface area contributed by atoms with Gasteiger partial charge in [0.1, 0.15) is 5.75 Å². The lowest BCUT2D eigenvalue weighted by atomic mass is 10.2. The number of hydrogen-bond acceptors (Lipinski definition) is 5. The van der Waals surface area contributed by atoms with Crippen LogP contribution in [0.15, 0.2) is 78.9 Å². The largest absolute Gasteiger partial charge is 0.493 e. The average molecular weight is 449 g/mol. The number of anilines is 1. The molecule has 0 aliphatic heterocycles. The zero-order chi connectivity index (χ0) is 22.8. The van der Waals surface area contributed by atoms with Gasteiger partial charge < -0.3 is 14.8 Å². The van der Waals surface area contributed by atoms with Gasteiger partial charge in [0.25, 0.3) is 5.91 Å². The molecule has 7 heteroatoms. The van der Waals surface area contributed by atoms with Gasteiger partial charge in [0, 0.05) is 17.7 Å². The molecule has 3 rings (SSSR count). The number of benzene rings is 3. The zero-order valence-corrected chi connectivity index (χ0v) is 18.5. The Morgan fingerprint density at radius 2 is 1.53 bits per heavy atom. The SMILES string of the molecule is CCOC(=O)c1ccc(NC(=S)NC(=O)c2ccc(OCCc3ccccc3)cc2)cc1. The number of thiocarbonyl (C=S) groups is 1. The third-order valence-corrected chi connectivity index (χ3v) is 4.70. The fourth-order valence-electron chi connectivity index (χ4n) is 2.88. The van der Waals surface area contributed by atoms with Crippen LogP contribution < -0.4 is 15.4 Å². The molecule has 0 saturated heterocycles. The van der Waals surface area contributed by atoms with Crippen molar-refractivity contribution in [1.29, 1.82) is 0 Å². The Morgan fingerprint density at radius 3 is 2.19 bits per heavy atom. The van der Waals surface area contributed by atoms with Gasteiger partial charge in [-0.15, -0.1) is 0 Å². The second-order valence-corrected chi connectivity index (χ2v) is 7.22. The quantitative estimate of drug-likeness (QED) is 0.387. The van der Waals surface area contributed by atoms with Crippen molar-refractivity contribution in [3.05, 3.63) is 95.6 Å². The summed E-state index contributed by atoms with van der Waals surface area (Å²) in [7, 11) is 0. The Kier molecular flexibility index (Phi) is 8.34. The van der Waals surface area contributed by atoms with Gasteiger partial charge in [-0.3, -0.25) is 10.1 Å². The van der Waals surface area contributed by atoms with Crippen LogP contribution in [0.1, 0.15) is 33.2 Å².